The molecule has 2 unspecified atom stereocenters. The van der Waals surface area contributed by atoms with Crippen molar-refractivity contribution in [1.82, 2.24) is 5.32 Å². The summed E-state index contributed by atoms with van der Waals surface area (Å²) in [5.41, 5.74) is 3.22. The lowest BCUT2D eigenvalue weighted by Gasteiger charge is -2.28. The van der Waals surface area contributed by atoms with Crippen molar-refractivity contribution in [1.29, 1.82) is 0 Å². The molecule has 1 aliphatic heterocycles. The molecule has 94 valence electrons. The van der Waals surface area contributed by atoms with E-state index in [1.165, 1.54) is 5.56 Å². The van der Waals surface area contributed by atoms with E-state index in [0.717, 1.165) is 16.5 Å². The summed E-state index contributed by atoms with van der Waals surface area (Å²) in [5, 5.41) is 4.63. The topological polar surface area (TPSA) is 42.2 Å². The van der Waals surface area contributed by atoms with Gasteiger partial charge in [-0.25, -0.2) is 0 Å². The molecule has 2 heterocycles. The van der Waals surface area contributed by atoms with Gasteiger partial charge < -0.3 is 9.73 Å². The Kier molecular flexibility index (Phi) is 2.71. The maximum atomic E-state index is 11.7. The number of Topliss-reactive ketones (excluding diaryl/α,β-unsaturated/α-hetero) is 1. The molecule has 3 rings (SSSR count). The van der Waals surface area contributed by atoms with E-state index in [0.29, 0.717) is 18.6 Å². The van der Waals surface area contributed by atoms with Gasteiger partial charge in [0.1, 0.15) is 11.4 Å². The number of benzene rings is 1. The van der Waals surface area contributed by atoms with Gasteiger partial charge >= 0.3 is 0 Å². The molecule has 3 nitrogen and oxygen atoms in total. The fraction of sp³-hybridized carbons (Fsp3) is 0.400. The smallest absolute Gasteiger partial charge is 0.136 e. The molecule has 0 spiro atoms. The van der Waals surface area contributed by atoms with Crippen molar-refractivity contribution in [3.63, 3.8) is 0 Å². The second-order valence-electron chi connectivity index (χ2n) is 5.24. The third kappa shape index (κ3) is 1.95. The van der Waals surface area contributed by atoms with Crippen LogP contribution in [0, 0.1) is 6.92 Å². The standard InChI is InChI=1S/C15H17NO2/c1-9-8-18-15-4-3-11(6-13(9)15)14-7-12(17)5-10(2)16-14/h3-4,6,8,10,14,16H,5,7H2,1-2H3. The maximum absolute atomic E-state index is 11.7. The summed E-state index contributed by atoms with van der Waals surface area (Å²) in [7, 11) is 0. The summed E-state index contributed by atoms with van der Waals surface area (Å²) >= 11 is 0. The largest absolute Gasteiger partial charge is 0.464 e. The highest BCUT2D eigenvalue weighted by Crippen LogP contribution is 2.28. The Morgan fingerprint density at radius 2 is 2.17 bits per heavy atom. The van der Waals surface area contributed by atoms with Crippen molar-refractivity contribution < 1.29 is 9.21 Å². The predicted molar refractivity (Wildman–Crippen MR) is 70.5 cm³/mol. The Morgan fingerprint density at radius 3 is 2.94 bits per heavy atom. The molecule has 2 atom stereocenters. The SMILES string of the molecule is Cc1coc2ccc(C3CC(=O)CC(C)N3)cc12. The highest BCUT2D eigenvalue weighted by Gasteiger charge is 2.25. The van der Waals surface area contributed by atoms with Crippen molar-refractivity contribution in [2.45, 2.75) is 38.8 Å². The molecular formula is C15H17NO2. The number of piperidine rings is 1. The van der Waals surface area contributed by atoms with E-state index in [1.54, 1.807) is 6.26 Å². The van der Waals surface area contributed by atoms with Gasteiger partial charge in [0.25, 0.3) is 0 Å². The minimum atomic E-state index is 0.139. The first-order chi connectivity index (χ1) is 8.63. The fourth-order valence-electron chi connectivity index (χ4n) is 2.72. The van der Waals surface area contributed by atoms with Crippen molar-refractivity contribution in [2.75, 3.05) is 0 Å². The van der Waals surface area contributed by atoms with Gasteiger partial charge in [-0.2, -0.15) is 0 Å². The molecule has 0 aliphatic carbocycles. The van der Waals surface area contributed by atoms with E-state index in [-0.39, 0.29) is 12.1 Å². The van der Waals surface area contributed by atoms with Crippen LogP contribution in [0.1, 0.15) is 36.9 Å². The van der Waals surface area contributed by atoms with E-state index in [2.05, 4.69) is 18.3 Å². The molecule has 1 aromatic carbocycles. The zero-order valence-electron chi connectivity index (χ0n) is 10.7. The number of rotatable bonds is 1. The average molecular weight is 243 g/mol. The summed E-state index contributed by atoms with van der Waals surface area (Å²) in [6.45, 7) is 4.10. The molecule has 1 N–H and O–H groups in total. The number of hydrogen-bond donors (Lipinski definition) is 1. The van der Waals surface area contributed by atoms with Crippen LogP contribution in [-0.2, 0) is 4.79 Å². The van der Waals surface area contributed by atoms with Crippen LogP contribution in [0.25, 0.3) is 11.0 Å². The van der Waals surface area contributed by atoms with Crippen LogP contribution in [-0.4, -0.2) is 11.8 Å². The number of carbonyl (C=O) groups excluding carboxylic acids is 1. The Morgan fingerprint density at radius 1 is 1.33 bits per heavy atom. The third-order valence-corrected chi connectivity index (χ3v) is 3.64. The molecule has 0 amide bonds. The summed E-state index contributed by atoms with van der Waals surface area (Å²) < 4.78 is 5.45. The average Bonchev–Trinajstić information content (AvgIpc) is 2.69. The molecule has 1 fully saturated rings. The quantitative estimate of drug-likeness (QED) is 0.836. The molecule has 18 heavy (non-hydrogen) atoms. The van der Waals surface area contributed by atoms with E-state index >= 15 is 0 Å². The zero-order chi connectivity index (χ0) is 12.7. The summed E-state index contributed by atoms with van der Waals surface area (Å²) in [4.78, 5) is 11.7. The highest BCUT2D eigenvalue weighted by atomic mass is 16.3. The van der Waals surface area contributed by atoms with Crippen LogP contribution in [0.15, 0.2) is 28.9 Å². The number of furan rings is 1. The first-order valence-electron chi connectivity index (χ1n) is 6.39. The van der Waals surface area contributed by atoms with Crippen molar-refractivity contribution in [3.8, 4) is 0 Å². The van der Waals surface area contributed by atoms with Crippen LogP contribution in [0.3, 0.4) is 0 Å². The Labute approximate surface area is 106 Å². The lowest BCUT2D eigenvalue weighted by Crippen LogP contribution is -2.38. The first kappa shape index (κ1) is 11.5. The van der Waals surface area contributed by atoms with Crippen molar-refractivity contribution in [2.24, 2.45) is 0 Å². The van der Waals surface area contributed by atoms with Crippen LogP contribution < -0.4 is 5.32 Å². The number of carbonyl (C=O) groups is 1. The lowest BCUT2D eigenvalue weighted by atomic mass is 9.92. The Hall–Kier alpha value is -1.61. The molecule has 2 aromatic rings. The van der Waals surface area contributed by atoms with E-state index in [4.69, 9.17) is 4.42 Å². The number of ketones is 1. The van der Waals surface area contributed by atoms with E-state index in [9.17, 15) is 4.79 Å². The van der Waals surface area contributed by atoms with Crippen LogP contribution in [0.4, 0.5) is 0 Å². The fourth-order valence-corrected chi connectivity index (χ4v) is 2.72. The molecule has 1 aliphatic rings. The Bertz CT molecular complexity index is 600. The maximum Gasteiger partial charge on any atom is 0.136 e. The third-order valence-electron chi connectivity index (χ3n) is 3.64. The molecule has 0 bridgehead atoms. The molecule has 1 aromatic heterocycles. The predicted octanol–water partition coefficient (Wildman–Crippen LogP) is 3.12. The molecular weight excluding hydrogens is 226 g/mol. The minimum Gasteiger partial charge on any atom is -0.464 e. The van der Waals surface area contributed by atoms with Crippen molar-refractivity contribution in [3.05, 3.63) is 35.6 Å². The molecule has 3 heteroatoms. The first-order valence-corrected chi connectivity index (χ1v) is 6.39. The minimum absolute atomic E-state index is 0.139. The summed E-state index contributed by atoms with van der Waals surface area (Å²) in [6, 6.07) is 6.58. The van der Waals surface area contributed by atoms with Gasteiger partial charge in [-0.05, 0) is 37.1 Å². The number of hydrogen-bond acceptors (Lipinski definition) is 3. The van der Waals surface area contributed by atoms with Crippen molar-refractivity contribution >= 4 is 16.8 Å². The van der Waals surface area contributed by atoms with Gasteiger partial charge in [0.15, 0.2) is 0 Å². The number of fused-ring (bicyclic) bond motifs is 1. The van der Waals surface area contributed by atoms with Crippen LogP contribution in [0.5, 0.6) is 0 Å². The van der Waals surface area contributed by atoms with Crippen LogP contribution in [0.2, 0.25) is 0 Å². The van der Waals surface area contributed by atoms with E-state index in [1.807, 2.05) is 19.1 Å². The second kappa shape index (κ2) is 4.25. The highest BCUT2D eigenvalue weighted by molar-refractivity contribution is 5.83. The number of aryl methyl sites for hydroxylation is 1. The Balaban J connectivity index is 1.98. The van der Waals surface area contributed by atoms with Gasteiger partial charge in [-0.3, -0.25) is 4.79 Å². The normalized spacial score (nSPS) is 24.7. The molecule has 0 radical (unpaired) electrons. The number of nitrogens with one attached hydrogen (secondary N) is 1. The second-order valence-corrected chi connectivity index (χ2v) is 5.24. The van der Waals surface area contributed by atoms with Crippen LogP contribution >= 0.6 is 0 Å². The monoisotopic (exact) mass is 243 g/mol. The van der Waals surface area contributed by atoms with Gasteiger partial charge in [-0.1, -0.05) is 6.07 Å². The zero-order valence-corrected chi connectivity index (χ0v) is 10.7. The van der Waals surface area contributed by atoms with E-state index < -0.39 is 0 Å². The summed E-state index contributed by atoms with van der Waals surface area (Å²) in [5.74, 6) is 0.343. The summed E-state index contributed by atoms with van der Waals surface area (Å²) in [6.07, 6.45) is 3.01. The van der Waals surface area contributed by atoms with Gasteiger partial charge in [-0.15, -0.1) is 0 Å². The molecule has 1 saturated heterocycles. The van der Waals surface area contributed by atoms with Gasteiger partial charge in [0.05, 0.1) is 6.26 Å². The molecule has 0 saturated carbocycles. The van der Waals surface area contributed by atoms with Gasteiger partial charge in [0.2, 0.25) is 0 Å². The lowest BCUT2D eigenvalue weighted by molar-refractivity contribution is -0.121. The van der Waals surface area contributed by atoms with Gasteiger partial charge in [0, 0.05) is 30.3 Å².